The number of fused-ring (bicyclic) bond motifs is 1. The Bertz CT molecular complexity index is 997. The molecule has 0 spiro atoms. The summed E-state index contributed by atoms with van der Waals surface area (Å²) in [6, 6.07) is 16.0. The lowest BCUT2D eigenvalue weighted by Crippen LogP contribution is -2.42. The standard InChI is InChI=1S/C22H24N4O2/c1-15-11-18(9-10-20(15)28-3)22(27)25-13-19(12-17-7-5-4-6-8-17)26-16(2)23-24-21(26)14-25/h4-11,19H,12-14H2,1-3H3/t19-/m1/s1. The summed E-state index contributed by atoms with van der Waals surface area (Å²) in [7, 11) is 1.64. The predicted octanol–water partition coefficient (Wildman–Crippen LogP) is 3.34. The molecule has 1 amide bonds. The minimum Gasteiger partial charge on any atom is -0.496 e. The molecule has 0 N–H and O–H groups in total. The number of benzene rings is 2. The van der Waals surface area contributed by atoms with E-state index in [1.54, 1.807) is 7.11 Å². The Morgan fingerprint density at radius 1 is 1.14 bits per heavy atom. The number of methoxy groups -OCH3 is 1. The van der Waals surface area contributed by atoms with Gasteiger partial charge in [-0.3, -0.25) is 4.79 Å². The molecule has 0 saturated carbocycles. The largest absolute Gasteiger partial charge is 0.496 e. The van der Waals surface area contributed by atoms with Crippen molar-refractivity contribution in [2.24, 2.45) is 0 Å². The molecule has 0 bridgehead atoms. The molecule has 1 aliphatic rings. The zero-order valence-electron chi connectivity index (χ0n) is 16.4. The highest BCUT2D eigenvalue weighted by atomic mass is 16.5. The number of carbonyl (C=O) groups excluding carboxylic acids is 1. The second-order valence-corrected chi connectivity index (χ2v) is 7.25. The van der Waals surface area contributed by atoms with Crippen LogP contribution in [0.4, 0.5) is 0 Å². The molecule has 1 aromatic heterocycles. The Kier molecular flexibility index (Phi) is 4.86. The van der Waals surface area contributed by atoms with Crippen LogP contribution in [-0.2, 0) is 13.0 Å². The second kappa shape index (κ2) is 7.46. The summed E-state index contributed by atoms with van der Waals surface area (Å²) in [5.41, 5.74) is 2.85. The van der Waals surface area contributed by atoms with Crippen LogP contribution < -0.4 is 4.74 Å². The van der Waals surface area contributed by atoms with Gasteiger partial charge in [-0.2, -0.15) is 0 Å². The molecule has 28 heavy (non-hydrogen) atoms. The molecule has 6 heteroatoms. The summed E-state index contributed by atoms with van der Waals surface area (Å²) >= 11 is 0. The summed E-state index contributed by atoms with van der Waals surface area (Å²) in [6.45, 7) is 5.02. The number of amides is 1. The molecule has 0 unspecified atom stereocenters. The van der Waals surface area contributed by atoms with Crippen LogP contribution in [0.15, 0.2) is 48.5 Å². The van der Waals surface area contributed by atoms with Crippen LogP contribution in [0.1, 0.15) is 39.2 Å². The van der Waals surface area contributed by atoms with E-state index in [0.29, 0.717) is 18.7 Å². The maximum Gasteiger partial charge on any atom is 0.254 e. The van der Waals surface area contributed by atoms with Gasteiger partial charge in [-0.1, -0.05) is 30.3 Å². The van der Waals surface area contributed by atoms with E-state index in [1.165, 1.54) is 5.56 Å². The molecule has 2 heterocycles. The maximum absolute atomic E-state index is 13.2. The van der Waals surface area contributed by atoms with E-state index >= 15 is 0 Å². The van der Waals surface area contributed by atoms with Gasteiger partial charge in [0.25, 0.3) is 5.91 Å². The number of aromatic nitrogens is 3. The van der Waals surface area contributed by atoms with E-state index in [0.717, 1.165) is 29.4 Å². The number of nitrogens with zero attached hydrogens (tertiary/aromatic N) is 4. The van der Waals surface area contributed by atoms with Gasteiger partial charge in [-0.05, 0) is 49.6 Å². The smallest absolute Gasteiger partial charge is 0.254 e. The first-order valence-electron chi connectivity index (χ1n) is 9.45. The van der Waals surface area contributed by atoms with E-state index < -0.39 is 0 Å². The first kappa shape index (κ1) is 18.2. The quantitative estimate of drug-likeness (QED) is 0.701. The highest BCUT2D eigenvalue weighted by Gasteiger charge is 2.31. The molecular weight excluding hydrogens is 352 g/mol. The third-order valence-corrected chi connectivity index (χ3v) is 5.31. The van der Waals surface area contributed by atoms with E-state index in [-0.39, 0.29) is 11.9 Å². The number of rotatable bonds is 4. The Labute approximate surface area is 164 Å². The van der Waals surface area contributed by atoms with E-state index in [1.807, 2.05) is 55.1 Å². The van der Waals surface area contributed by atoms with Crippen molar-refractivity contribution in [3.05, 3.63) is 76.9 Å². The Balaban J connectivity index is 1.62. The topological polar surface area (TPSA) is 60.2 Å². The molecule has 0 radical (unpaired) electrons. The minimum absolute atomic E-state index is 0.00992. The van der Waals surface area contributed by atoms with E-state index in [4.69, 9.17) is 4.74 Å². The minimum atomic E-state index is 0.00992. The highest BCUT2D eigenvalue weighted by Crippen LogP contribution is 2.27. The fourth-order valence-corrected chi connectivity index (χ4v) is 3.96. The van der Waals surface area contributed by atoms with Crippen molar-refractivity contribution in [1.29, 1.82) is 0 Å². The fourth-order valence-electron chi connectivity index (χ4n) is 3.96. The summed E-state index contributed by atoms with van der Waals surface area (Å²) < 4.78 is 7.49. The lowest BCUT2D eigenvalue weighted by molar-refractivity contribution is 0.0672. The zero-order valence-corrected chi connectivity index (χ0v) is 16.4. The molecule has 3 aromatic rings. The van der Waals surface area contributed by atoms with Gasteiger partial charge in [0, 0.05) is 12.1 Å². The molecular formula is C22H24N4O2. The van der Waals surface area contributed by atoms with E-state index in [2.05, 4.69) is 26.9 Å². The third-order valence-electron chi connectivity index (χ3n) is 5.31. The average molecular weight is 376 g/mol. The maximum atomic E-state index is 13.2. The summed E-state index contributed by atoms with van der Waals surface area (Å²) in [6.07, 6.45) is 0.831. The van der Waals surface area contributed by atoms with Crippen molar-refractivity contribution >= 4 is 5.91 Å². The van der Waals surface area contributed by atoms with Crippen molar-refractivity contribution in [3.8, 4) is 5.75 Å². The van der Waals surface area contributed by atoms with Crippen molar-refractivity contribution < 1.29 is 9.53 Å². The van der Waals surface area contributed by atoms with Gasteiger partial charge < -0.3 is 14.2 Å². The molecule has 0 saturated heterocycles. The van der Waals surface area contributed by atoms with Crippen LogP contribution in [0.25, 0.3) is 0 Å². The Morgan fingerprint density at radius 3 is 2.64 bits per heavy atom. The lowest BCUT2D eigenvalue weighted by Gasteiger charge is -2.34. The fraction of sp³-hybridized carbons (Fsp3) is 0.318. The first-order valence-corrected chi connectivity index (χ1v) is 9.45. The molecule has 144 valence electrons. The summed E-state index contributed by atoms with van der Waals surface area (Å²) in [5, 5.41) is 8.57. The van der Waals surface area contributed by atoms with Gasteiger partial charge in [0.05, 0.1) is 19.7 Å². The molecule has 1 atom stereocenters. The van der Waals surface area contributed by atoms with Gasteiger partial charge in [-0.25, -0.2) is 0 Å². The van der Waals surface area contributed by atoms with Crippen LogP contribution in [0.2, 0.25) is 0 Å². The van der Waals surface area contributed by atoms with Crippen LogP contribution in [0.5, 0.6) is 5.75 Å². The van der Waals surface area contributed by atoms with Crippen LogP contribution in [-0.4, -0.2) is 39.2 Å². The van der Waals surface area contributed by atoms with Gasteiger partial charge >= 0.3 is 0 Å². The van der Waals surface area contributed by atoms with Gasteiger partial charge in [0.2, 0.25) is 0 Å². The molecule has 1 aliphatic heterocycles. The number of ether oxygens (including phenoxy) is 1. The van der Waals surface area contributed by atoms with Gasteiger partial charge in [0.15, 0.2) is 5.82 Å². The number of aryl methyl sites for hydroxylation is 2. The molecule has 0 aliphatic carbocycles. The molecule has 6 nitrogen and oxygen atoms in total. The van der Waals surface area contributed by atoms with Crippen molar-refractivity contribution in [2.45, 2.75) is 32.9 Å². The molecule has 4 rings (SSSR count). The predicted molar refractivity (Wildman–Crippen MR) is 106 cm³/mol. The van der Waals surface area contributed by atoms with Crippen molar-refractivity contribution in [3.63, 3.8) is 0 Å². The van der Waals surface area contributed by atoms with Crippen LogP contribution >= 0.6 is 0 Å². The SMILES string of the molecule is COc1ccc(C(=O)N2Cc3nnc(C)n3[C@H](Cc3ccccc3)C2)cc1C. The Morgan fingerprint density at radius 2 is 1.93 bits per heavy atom. The number of hydrogen-bond acceptors (Lipinski definition) is 4. The van der Waals surface area contributed by atoms with Gasteiger partial charge in [0.1, 0.15) is 11.6 Å². The second-order valence-electron chi connectivity index (χ2n) is 7.25. The average Bonchev–Trinajstić information content (AvgIpc) is 3.09. The highest BCUT2D eigenvalue weighted by molar-refractivity contribution is 5.94. The Hall–Kier alpha value is -3.15. The lowest BCUT2D eigenvalue weighted by atomic mass is 10.0. The van der Waals surface area contributed by atoms with Crippen LogP contribution in [0, 0.1) is 13.8 Å². The van der Waals surface area contributed by atoms with Gasteiger partial charge in [-0.15, -0.1) is 10.2 Å². The monoisotopic (exact) mass is 376 g/mol. The molecule has 0 fully saturated rings. The summed E-state index contributed by atoms with van der Waals surface area (Å²) in [4.78, 5) is 15.1. The normalized spacial score (nSPS) is 16.0. The molecule has 2 aromatic carbocycles. The zero-order chi connectivity index (χ0) is 19.7. The van der Waals surface area contributed by atoms with Crippen molar-refractivity contribution in [1.82, 2.24) is 19.7 Å². The summed E-state index contributed by atoms with van der Waals surface area (Å²) in [5.74, 6) is 2.52. The first-order chi connectivity index (χ1) is 13.6. The van der Waals surface area contributed by atoms with Crippen molar-refractivity contribution in [2.75, 3.05) is 13.7 Å². The third kappa shape index (κ3) is 3.38. The number of carbonyl (C=O) groups is 1. The number of hydrogen-bond donors (Lipinski definition) is 0. The van der Waals surface area contributed by atoms with Crippen LogP contribution in [0.3, 0.4) is 0 Å². The van der Waals surface area contributed by atoms with E-state index in [9.17, 15) is 4.79 Å².